The van der Waals surface area contributed by atoms with Gasteiger partial charge in [-0.25, -0.2) is 0 Å². The van der Waals surface area contributed by atoms with Crippen molar-refractivity contribution in [3.8, 4) is 6.07 Å². The molecular weight excluding hydrogens is 222 g/mol. The van der Waals surface area contributed by atoms with E-state index in [4.69, 9.17) is 5.26 Å². The van der Waals surface area contributed by atoms with Crippen LogP contribution in [0.4, 0.5) is 5.69 Å². The van der Waals surface area contributed by atoms with Gasteiger partial charge in [0.05, 0.1) is 11.6 Å². The summed E-state index contributed by atoms with van der Waals surface area (Å²) in [6.07, 6.45) is 1.13. The minimum atomic E-state index is 0.0683. The van der Waals surface area contributed by atoms with Gasteiger partial charge < -0.3 is 10.2 Å². The normalized spacial score (nSPS) is 23.2. The summed E-state index contributed by atoms with van der Waals surface area (Å²) in [7, 11) is 0. The van der Waals surface area contributed by atoms with Crippen molar-refractivity contribution >= 4 is 5.69 Å². The van der Waals surface area contributed by atoms with Gasteiger partial charge in [0.1, 0.15) is 0 Å². The molecule has 3 nitrogen and oxygen atoms in total. The molecule has 0 saturated carbocycles. The van der Waals surface area contributed by atoms with Gasteiger partial charge in [-0.2, -0.15) is 5.26 Å². The molecular formula is C15H21N3. The minimum Gasteiger partial charge on any atom is -0.365 e. The molecule has 1 saturated heterocycles. The van der Waals surface area contributed by atoms with Crippen molar-refractivity contribution in [2.45, 2.75) is 38.8 Å². The van der Waals surface area contributed by atoms with E-state index in [0.717, 1.165) is 30.8 Å². The van der Waals surface area contributed by atoms with Crippen molar-refractivity contribution in [2.24, 2.45) is 0 Å². The summed E-state index contributed by atoms with van der Waals surface area (Å²) in [5, 5.41) is 12.6. The molecule has 3 heteroatoms. The molecule has 1 aliphatic heterocycles. The lowest BCUT2D eigenvalue weighted by Crippen LogP contribution is -2.49. The van der Waals surface area contributed by atoms with Crippen LogP contribution in [0.1, 0.15) is 32.8 Å². The van der Waals surface area contributed by atoms with Crippen molar-refractivity contribution < 1.29 is 0 Å². The third-order valence-electron chi connectivity index (χ3n) is 3.69. The second kappa shape index (κ2) is 4.99. The number of nitrogens with zero attached hydrogens (tertiary/aromatic N) is 2. The van der Waals surface area contributed by atoms with Crippen molar-refractivity contribution in [3.05, 3.63) is 29.8 Å². The largest absolute Gasteiger partial charge is 0.365 e. The molecule has 1 heterocycles. The number of hydrogen-bond acceptors (Lipinski definition) is 3. The molecule has 1 aromatic rings. The van der Waals surface area contributed by atoms with Crippen LogP contribution in [0, 0.1) is 11.3 Å². The predicted molar refractivity (Wildman–Crippen MR) is 74.7 cm³/mol. The number of benzene rings is 1. The molecule has 0 amide bonds. The Morgan fingerprint density at radius 2 is 2.22 bits per heavy atom. The Bertz CT molecular complexity index is 459. The van der Waals surface area contributed by atoms with Gasteiger partial charge in [-0.15, -0.1) is 0 Å². The van der Waals surface area contributed by atoms with Crippen molar-refractivity contribution in [1.29, 1.82) is 5.26 Å². The average Bonchev–Trinajstić information content (AvgIpc) is 2.49. The third-order valence-corrected chi connectivity index (χ3v) is 3.69. The Kier molecular flexibility index (Phi) is 3.58. The Balaban J connectivity index is 2.31. The summed E-state index contributed by atoms with van der Waals surface area (Å²) >= 11 is 0. The fourth-order valence-corrected chi connectivity index (χ4v) is 2.47. The lowest BCUT2D eigenvalue weighted by Gasteiger charge is -2.39. The molecule has 0 bridgehead atoms. The Morgan fingerprint density at radius 3 is 2.94 bits per heavy atom. The van der Waals surface area contributed by atoms with Gasteiger partial charge in [-0.05, 0) is 45.4 Å². The van der Waals surface area contributed by atoms with Gasteiger partial charge in [0, 0.05) is 30.4 Å². The summed E-state index contributed by atoms with van der Waals surface area (Å²) in [4.78, 5) is 2.41. The zero-order valence-electron chi connectivity index (χ0n) is 11.4. The highest BCUT2D eigenvalue weighted by molar-refractivity contribution is 5.53. The summed E-state index contributed by atoms with van der Waals surface area (Å²) in [5.74, 6) is 0. The first-order valence-electron chi connectivity index (χ1n) is 6.54. The zero-order valence-corrected chi connectivity index (χ0v) is 11.4. The van der Waals surface area contributed by atoms with E-state index in [0.29, 0.717) is 6.04 Å². The SMILES string of the molecule is CC1CCN(c2cccc(C#N)c2)C(C)(C)CN1. The molecule has 1 fully saturated rings. The van der Waals surface area contributed by atoms with Crippen molar-refractivity contribution in [1.82, 2.24) is 5.32 Å². The van der Waals surface area contributed by atoms with E-state index in [1.165, 1.54) is 0 Å². The summed E-state index contributed by atoms with van der Waals surface area (Å²) in [6, 6.07) is 10.7. The number of rotatable bonds is 1. The lowest BCUT2D eigenvalue weighted by atomic mass is 10.0. The molecule has 2 rings (SSSR count). The van der Waals surface area contributed by atoms with Crippen LogP contribution in [0.2, 0.25) is 0 Å². The fourth-order valence-electron chi connectivity index (χ4n) is 2.47. The van der Waals surface area contributed by atoms with E-state index in [2.05, 4.69) is 43.1 Å². The molecule has 1 aromatic carbocycles. The van der Waals surface area contributed by atoms with Crippen molar-refractivity contribution in [2.75, 3.05) is 18.0 Å². The van der Waals surface area contributed by atoms with Crippen LogP contribution < -0.4 is 10.2 Å². The topological polar surface area (TPSA) is 39.1 Å². The van der Waals surface area contributed by atoms with Crippen LogP contribution in [0.15, 0.2) is 24.3 Å². The maximum atomic E-state index is 9.01. The molecule has 0 aromatic heterocycles. The van der Waals surface area contributed by atoms with Crippen LogP contribution in [-0.4, -0.2) is 24.7 Å². The molecule has 0 aliphatic carbocycles. The molecule has 18 heavy (non-hydrogen) atoms. The third kappa shape index (κ3) is 2.65. The quantitative estimate of drug-likeness (QED) is 0.823. The zero-order chi connectivity index (χ0) is 13.2. The van der Waals surface area contributed by atoms with Crippen LogP contribution in [0.3, 0.4) is 0 Å². The second-order valence-electron chi connectivity index (χ2n) is 5.70. The van der Waals surface area contributed by atoms with Crippen LogP contribution in [0.5, 0.6) is 0 Å². The molecule has 1 atom stereocenters. The maximum absolute atomic E-state index is 9.01. The highest BCUT2D eigenvalue weighted by Crippen LogP contribution is 2.26. The summed E-state index contributed by atoms with van der Waals surface area (Å²) < 4.78 is 0. The van der Waals surface area contributed by atoms with Crippen LogP contribution in [-0.2, 0) is 0 Å². The number of anilines is 1. The number of nitriles is 1. The second-order valence-corrected chi connectivity index (χ2v) is 5.70. The Morgan fingerprint density at radius 1 is 1.44 bits per heavy atom. The fraction of sp³-hybridized carbons (Fsp3) is 0.533. The Labute approximate surface area is 109 Å². The number of nitrogens with one attached hydrogen (secondary N) is 1. The standard InChI is InChI=1S/C15H21N3/c1-12-7-8-18(15(2,3)11-17-12)14-6-4-5-13(9-14)10-16/h4-6,9,12,17H,7-8,11H2,1-3H3. The first-order chi connectivity index (χ1) is 8.53. The minimum absolute atomic E-state index is 0.0683. The van der Waals surface area contributed by atoms with Gasteiger partial charge in [0.2, 0.25) is 0 Å². The molecule has 1 aliphatic rings. The molecule has 1 N–H and O–H groups in total. The van der Waals surface area contributed by atoms with Gasteiger partial charge in [-0.3, -0.25) is 0 Å². The molecule has 0 spiro atoms. The predicted octanol–water partition coefficient (Wildman–Crippen LogP) is 2.53. The molecule has 96 valence electrons. The van der Waals surface area contributed by atoms with Crippen LogP contribution in [0.25, 0.3) is 0 Å². The first-order valence-corrected chi connectivity index (χ1v) is 6.54. The number of hydrogen-bond donors (Lipinski definition) is 1. The van der Waals surface area contributed by atoms with Gasteiger partial charge in [0.15, 0.2) is 0 Å². The average molecular weight is 243 g/mol. The highest BCUT2D eigenvalue weighted by Gasteiger charge is 2.30. The van der Waals surface area contributed by atoms with E-state index in [9.17, 15) is 0 Å². The monoisotopic (exact) mass is 243 g/mol. The maximum Gasteiger partial charge on any atom is 0.0992 e. The summed E-state index contributed by atoms with van der Waals surface area (Å²) in [5.41, 5.74) is 1.95. The van der Waals surface area contributed by atoms with Gasteiger partial charge in [0.25, 0.3) is 0 Å². The molecule has 0 radical (unpaired) electrons. The van der Waals surface area contributed by atoms with E-state index in [-0.39, 0.29) is 5.54 Å². The van der Waals surface area contributed by atoms with E-state index >= 15 is 0 Å². The van der Waals surface area contributed by atoms with E-state index < -0.39 is 0 Å². The van der Waals surface area contributed by atoms with Crippen molar-refractivity contribution in [3.63, 3.8) is 0 Å². The Hall–Kier alpha value is -1.53. The van der Waals surface area contributed by atoms with E-state index in [1.807, 2.05) is 18.2 Å². The van der Waals surface area contributed by atoms with Crippen LogP contribution >= 0.6 is 0 Å². The van der Waals surface area contributed by atoms with E-state index in [1.54, 1.807) is 0 Å². The summed E-state index contributed by atoms with van der Waals surface area (Å²) in [6.45, 7) is 8.71. The van der Waals surface area contributed by atoms with Gasteiger partial charge in [-0.1, -0.05) is 6.07 Å². The smallest absolute Gasteiger partial charge is 0.0992 e. The molecule has 1 unspecified atom stereocenters. The van der Waals surface area contributed by atoms with Gasteiger partial charge >= 0.3 is 0 Å². The highest BCUT2D eigenvalue weighted by atomic mass is 15.2. The lowest BCUT2D eigenvalue weighted by molar-refractivity contribution is 0.447. The first kappa shape index (κ1) is 12.9.